The van der Waals surface area contributed by atoms with Gasteiger partial charge < -0.3 is 5.11 Å². The zero-order chi connectivity index (χ0) is 15.4. The zero-order valence-corrected chi connectivity index (χ0v) is 11.3. The Hall–Kier alpha value is -2.34. The van der Waals surface area contributed by atoms with Crippen LogP contribution in [0.25, 0.3) is 0 Å². The standard InChI is InChI=1S/C15H14F2N2O2/c1-19(9-10-5-2-3-8-18-10)14(15(20)21)13-11(16)6-4-7-12(13)17/h2-8,14H,9H2,1H3,(H,20,21). The molecule has 0 saturated heterocycles. The molecule has 0 aliphatic carbocycles. The summed E-state index contributed by atoms with van der Waals surface area (Å²) in [6.07, 6.45) is 1.57. The Morgan fingerprint density at radius 1 is 1.24 bits per heavy atom. The number of nitrogens with zero attached hydrogens (tertiary/aromatic N) is 2. The van der Waals surface area contributed by atoms with Gasteiger partial charge in [-0.1, -0.05) is 12.1 Å². The molecule has 0 radical (unpaired) electrons. The minimum Gasteiger partial charge on any atom is -0.480 e. The van der Waals surface area contributed by atoms with Gasteiger partial charge in [0.2, 0.25) is 0 Å². The number of carboxylic acids is 1. The summed E-state index contributed by atoms with van der Waals surface area (Å²) in [6, 6.07) is 7.07. The molecule has 0 aliphatic heterocycles. The highest BCUT2D eigenvalue weighted by atomic mass is 19.1. The van der Waals surface area contributed by atoms with Crippen molar-refractivity contribution in [1.29, 1.82) is 0 Å². The Morgan fingerprint density at radius 2 is 1.90 bits per heavy atom. The molecule has 2 rings (SSSR count). The fourth-order valence-electron chi connectivity index (χ4n) is 2.14. The first-order valence-corrected chi connectivity index (χ1v) is 6.27. The molecule has 2 aromatic rings. The third-order valence-electron chi connectivity index (χ3n) is 3.09. The number of aromatic nitrogens is 1. The highest BCUT2D eigenvalue weighted by Gasteiger charge is 2.30. The van der Waals surface area contributed by atoms with E-state index in [-0.39, 0.29) is 6.54 Å². The second-order valence-corrected chi connectivity index (χ2v) is 4.61. The van der Waals surface area contributed by atoms with Crippen LogP contribution >= 0.6 is 0 Å². The molecule has 1 N–H and O–H groups in total. The van der Waals surface area contributed by atoms with E-state index in [1.165, 1.54) is 18.0 Å². The predicted octanol–water partition coefficient (Wildman–Crippen LogP) is 2.62. The molecule has 0 aliphatic rings. The second kappa shape index (κ2) is 6.41. The average Bonchev–Trinajstić information content (AvgIpc) is 2.43. The van der Waals surface area contributed by atoms with Crippen LogP contribution in [0.2, 0.25) is 0 Å². The van der Waals surface area contributed by atoms with Gasteiger partial charge in [-0.15, -0.1) is 0 Å². The lowest BCUT2D eigenvalue weighted by atomic mass is 10.0. The molecule has 0 spiro atoms. The first-order valence-electron chi connectivity index (χ1n) is 6.27. The van der Waals surface area contributed by atoms with Crippen molar-refractivity contribution in [2.75, 3.05) is 7.05 Å². The minimum atomic E-state index is -1.42. The molecule has 0 amide bonds. The maximum absolute atomic E-state index is 13.8. The van der Waals surface area contributed by atoms with Gasteiger partial charge in [-0.2, -0.15) is 0 Å². The zero-order valence-electron chi connectivity index (χ0n) is 11.3. The number of aliphatic carboxylic acids is 1. The Balaban J connectivity index is 2.33. The summed E-state index contributed by atoms with van der Waals surface area (Å²) < 4.78 is 27.6. The molecule has 0 saturated carbocycles. The van der Waals surface area contributed by atoms with E-state index in [1.54, 1.807) is 24.4 Å². The monoisotopic (exact) mass is 292 g/mol. The van der Waals surface area contributed by atoms with Crippen molar-refractivity contribution in [2.24, 2.45) is 0 Å². The van der Waals surface area contributed by atoms with E-state index in [0.29, 0.717) is 5.69 Å². The maximum atomic E-state index is 13.8. The summed E-state index contributed by atoms with van der Waals surface area (Å²) in [7, 11) is 1.49. The van der Waals surface area contributed by atoms with Gasteiger partial charge in [-0.25, -0.2) is 8.78 Å². The highest BCUT2D eigenvalue weighted by Crippen LogP contribution is 2.26. The van der Waals surface area contributed by atoms with Gasteiger partial charge in [0.05, 0.1) is 11.3 Å². The van der Waals surface area contributed by atoms with Crippen LogP contribution in [-0.4, -0.2) is 28.0 Å². The van der Waals surface area contributed by atoms with Crippen molar-refractivity contribution in [1.82, 2.24) is 9.88 Å². The Bertz CT molecular complexity index is 615. The average molecular weight is 292 g/mol. The number of carbonyl (C=O) groups is 1. The van der Waals surface area contributed by atoms with Crippen molar-refractivity contribution in [3.8, 4) is 0 Å². The first-order chi connectivity index (χ1) is 10.0. The number of likely N-dealkylation sites (N-methyl/N-ethyl adjacent to an activating group) is 1. The molecular weight excluding hydrogens is 278 g/mol. The van der Waals surface area contributed by atoms with E-state index in [9.17, 15) is 18.7 Å². The van der Waals surface area contributed by atoms with E-state index in [4.69, 9.17) is 0 Å². The molecule has 6 heteroatoms. The van der Waals surface area contributed by atoms with Gasteiger partial charge in [0.25, 0.3) is 0 Å². The lowest BCUT2D eigenvalue weighted by Crippen LogP contribution is -2.32. The van der Waals surface area contributed by atoms with Crippen LogP contribution in [0.4, 0.5) is 8.78 Å². The number of pyridine rings is 1. The maximum Gasteiger partial charge on any atom is 0.325 e. The molecule has 21 heavy (non-hydrogen) atoms. The minimum absolute atomic E-state index is 0.158. The predicted molar refractivity (Wildman–Crippen MR) is 72.4 cm³/mol. The summed E-state index contributed by atoms with van der Waals surface area (Å²) in [5.74, 6) is -3.08. The van der Waals surface area contributed by atoms with Gasteiger partial charge in [0.1, 0.15) is 17.7 Å². The molecule has 1 atom stereocenters. The quantitative estimate of drug-likeness (QED) is 0.920. The SMILES string of the molecule is CN(Cc1ccccn1)C(C(=O)O)c1c(F)cccc1F. The van der Waals surface area contributed by atoms with Crippen LogP contribution in [0.3, 0.4) is 0 Å². The number of hydrogen-bond acceptors (Lipinski definition) is 3. The third kappa shape index (κ3) is 3.41. The Labute approximate surface area is 120 Å². The van der Waals surface area contributed by atoms with Gasteiger partial charge >= 0.3 is 5.97 Å². The smallest absolute Gasteiger partial charge is 0.325 e. The number of halogens is 2. The van der Waals surface area contributed by atoms with Gasteiger partial charge in [-0.3, -0.25) is 14.7 Å². The molecule has 1 unspecified atom stereocenters. The molecule has 1 aromatic heterocycles. The largest absolute Gasteiger partial charge is 0.480 e. The molecule has 0 fully saturated rings. The number of rotatable bonds is 5. The number of hydrogen-bond donors (Lipinski definition) is 1. The molecule has 1 aromatic carbocycles. The van der Waals surface area contributed by atoms with E-state index >= 15 is 0 Å². The van der Waals surface area contributed by atoms with Crippen molar-refractivity contribution in [3.63, 3.8) is 0 Å². The highest BCUT2D eigenvalue weighted by molar-refractivity contribution is 5.75. The molecule has 110 valence electrons. The summed E-state index contributed by atoms with van der Waals surface area (Å²) in [5, 5.41) is 9.33. The van der Waals surface area contributed by atoms with Gasteiger partial charge in [0.15, 0.2) is 0 Å². The van der Waals surface area contributed by atoms with Crippen molar-refractivity contribution < 1.29 is 18.7 Å². The fraction of sp³-hybridized carbons (Fsp3) is 0.200. The van der Waals surface area contributed by atoms with E-state index in [2.05, 4.69) is 4.98 Å². The second-order valence-electron chi connectivity index (χ2n) is 4.61. The summed E-state index contributed by atoms with van der Waals surface area (Å²) in [5.41, 5.74) is 0.145. The van der Waals surface area contributed by atoms with Crippen LogP contribution < -0.4 is 0 Å². The number of carboxylic acid groups (broad SMARTS) is 1. The van der Waals surface area contributed by atoms with E-state index in [0.717, 1.165) is 12.1 Å². The lowest BCUT2D eigenvalue weighted by Gasteiger charge is -2.25. The topological polar surface area (TPSA) is 53.4 Å². The molecule has 1 heterocycles. The summed E-state index contributed by atoms with van der Waals surface area (Å²) in [6.45, 7) is 0.158. The van der Waals surface area contributed by atoms with Crippen LogP contribution in [0.5, 0.6) is 0 Å². The van der Waals surface area contributed by atoms with E-state index in [1.807, 2.05) is 0 Å². The summed E-state index contributed by atoms with van der Waals surface area (Å²) >= 11 is 0. The fourth-order valence-corrected chi connectivity index (χ4v) is 2.14. The van der Waals surface area contributed by atoms with Crippen molar-refractivity contribution in [3.05, 3.63) is 65.5 Å². The van der Waals surface area contributed by atoms with Gasteiger partial charge in [-0.05, 0) is 31.3 Å². The van der Waals surface area contributed by atoms with Crippen LogP contribution in [0.1, 0.15) is 17.3 Å². The molecular formula is C15H14F2N2O2. The van der Waals surface area contributed by atoms with E-state index < -0.39 is 29.2 Å². The first kappa shape index (κ1) is 15.1. The molecule has 0 bridgehead atoms. The van der Waals surface area contributed by atoms with Crippen molar-refractivity contribution in [2.45, 2.75) is 12.6 Å². The van der Waals surface area contributed by atoms with Gasteiger partial charge in [0, 0.05) is 12.7 Å². The lowest BCUT2D eigenvalue weighted by molar-refractivity contribution is -0.143. The summed E-state index contributed by atoms with van der Waals surface area (Å²) in [4.78, 5) is 16.9. The van der Waals surface area contributed by atoms with Crippen LogP contribution in [0, 0.1) is 11.6 Å². The van der Waals surface area contributed by atoms with Crippen LogP contribution in [0.15, 0.2) is 42.6 Å². The Kier molecular flexibility index (Phi) is 4.59. The van der Waals surface area contributed by atoms with Crippen LogP contribution in [-0.2, 0) is 11.3 Å². The third-order valence-corrected chi connectivity index (χ3v) is 3.09. The number of benzene rings is 1. The molecule has 4 nitrogen and oxygen atoms in total. The Morgan fingerprint density at radius 3 is 2.43 bits per heavy atom. The van der Waals surface area contributed by atoms with Crippen molar-refractivity contribution >= 4 is 5.97 Å². The normalized spacial score (nSPS) is 12.4.